The zero-order valence-corrected chi connectivity index (χ0v) is 12.6. The Morgan fingerprint density at radius 1 is 0.818 bits per heavy atom. The molecule has 22 heavy (non-hydrogen) atoms. The molecule has 0 amide bonds. The van der Waals surface area contributed by atoms with Crippen LogP contribution in [0, 0.1) is 0 Å². The van der Waals surface area contributed by atoms with Crippen molar-refractivity contribution < 1.29 is 0 Å². The van der Waals surface area contributed by atoms with E-state index in [4.69, 9.17) is 0 Å². The molecule has 0 radical (unpaired) electrons. The Labute approximate surface area is 125 Å². The van der Waals surface area contributed by atoms with Crippen LogP contribution in [0.25, 0.3) is 11.2 Å². The third-order valence-electron chi connectivity index (χ3n) is 3.90. The van der Waals surface area contributed by atoms with Gasteiger partial charge in [0.15, 0.2) is 11.2 Å². The number of fused-ring (bicyclic) bond motifs is 1. The van der Waals surface area contributed by atoms with E-state index in [9.17, 15) is 14.4 Å². The highest BCUT2D eigenvalue weighted by molar-refractivity contribution is 5.71. The molecule has 0 aliphatic rings. The first-order valence-corrected chi connectivity index (χ1v) is 6.82. The minimum atomic E-state index is -0.468. The van der Waals surface area contributed by atoms with E-state index in [1.807, 2.05) is 30.3 Å². The topological polar surface area (TPSA) is 70.9 Å². The Bertz CT molecular complexity index is 1040. The minimum Gasteiger partial charge on any atom is -0.289 e. The van der Waals surface area contributed by atoms with Crippen molar-refractivity contribution in [3.63, 3.8) is 0 Å². The van der Waals surface area contributed by atoms with Gasteiger partial charge in [0.25, 0.3) is 5.56 Å². The van der Waals surface area contributed by atoms with Gasteiger partial charge in [-0.15, -0.1) is 0 Å². The molecule has 1 aromatic carbocycles. The van der Waals surface area contributed by atoms with Crippen molar-refractivity contribution in [2.45, 2.75) is 6.54 Å². The van der Waals surface area contributed by atoms with Gasteiger partial charge in [-0.25, -0.2) is 9.59 Å². The molecule has 0 aliphatic carbocycles. The highest BCUT2D eigenvalue weighted by Gasteiger charge is 2.19. The zero-order chi connectivity index (χ0) is 16.0. The molecular weight excluding hydrogens is 284 g/mol. The summed E-state index contributed by atoms with van der Waals surface area (Å²) in [6, 6.07) is 9.43. The van der Waals surface area contributed by atoms with E-state index < -0.39 is 11.2 Å². The third-order valence-corrected chi connectivity index (χ3v) is 3.90. The summed E-state index contributed by atoms with van der Waals surface area (Å²) in [5.41, 5.74) is 0.238. The second-order valence-corrected chi connectivity index (χ2v) is 5.29. The lowest BCUT2D eigenvalue weighted by molar-refractivity contribution is 0.657. The van der Waals surface area contributed by atoms with E-state index in [2.05, 4.69) is 0 Å². The van der Waals surface area contributed by atoms with E-state index in [-0.39, 0.29) is 11.2 Å². The van der Waals surface area contributed by atoms with E-state index in [1.165, 1.54) is 27.8 Å². The number of rotatable bonds is 2. The molecule has 0 atom stereocenters. The number of hydrogen-bond donors (Lipinski definition) is 0. The van der Waals surface area contributed by atoms with Crippen LogP contribution in [0.3, 0.4) is 0 Å². The lowest BCUT2D eigenvalue weighted by atomic mass is 10.2. The van der Waals surface area contributed by atoms with E-state index in [1.54, 1.807) is 7.05 Å². The highest BCUT2D eigenvalue weighted by atomic mass is 16.2. The molecule has 3 aromatic rings. The molecule has 7 heteroatoms. The predicted molar refractivity (Wildman–Crippen MR) is 83.2 cm³/mol. The van der Waals surface area contributed by atoms with Crippen molar-refractivity contribution in [2.24, 2.45) is 21.1 Å². The van der Waals surface area contributed by atoms with Crippen LogP contribution in [-0.4, -0.2) is 18.3 Å². The van der Waals surface area contributed by atoms with Crippen molar-refractivity contribution in [3.8, 4) is 0 Å². The van der Waals surface area contributed by atoms with E-state index in [0.717, 1.165) is 10.1 Å². The van der Waals surface area contributed by atoms with Gasteiger partial charge in [-0.2, -0.15) is 0 Å². The lowest BCUT2D eigenvalue weighted by Gasteiger charge is -2.10. The predicted octanol–water partition coefficient (Wildman–Crippen LogP) is -0.214. The van der Waals surface area contributed by atoms with Crippen LogP contribution in [-0.2, 0) is 27.7 Å². The quantitative estimate of drug-likeness (QED) is 0.657. The molecule has 0 saturated carbocycles. The maximum atomic E-state index is 12.5. The molecule has 0 unspecified atom stereocenters. The number of nitrogens with zero attached hydrogens (tertiary/aromatic N) is 4. The summed E-state index contributed by atoms with van der Waals surface area (Å²) in [6.07, 6.45) is 0. The molecule has 0 saturated heterocycles. The Morgan fingerprint density at radius 2 is 1.45 bits per heavy atom. The third kappa shape index (κ3) is 1.86. The van der Waals surface area contributed by atoms with E-state index >= 15 is 0 Å². The van der Waals surface area contributed by atoms with Crippen LogP contribution in [0.5, 0.6) is 0 Å². The zero-order valence-electron chi connectivity index (χ0n) is 12.6. The second kappa shape index (κ2) is 4.87. The molecule has 3 rings (SSSR count). The molecule has 2 aromatic heterocycles. The van der Waals surface area contributed by atoms with Gasteiger partial charge in [0.2, 0.25) is 0 Å². The summed E-state index contributed by atoms with van der Waals surface area (Å²) >= 11 is 0. The molecule has 0 spiro atoms. The lowest BCUT2D eigenvalue weighted by Crippen LogP contribution is -2.39. The van der Waals surface area contributed by atoms with Crippen molar-refractivity contribution in [3.05, 3.63) is 67.2 Å². The molecule has 0 bridgehead atoms. The maximum absolute atomic E-state index is 12.5. The molecule has 114 valence electrons. The Balaban J connectivity index is 2.44. The maximum Gasteiger partial charge on any atom is 0.332 e. The Morgan fingerprint density at radius 3 is 2.09 bits per heavy atom. The smallest absolute Gasteiger partial charge is 0.289 e. The summed E-state index contributed by atoms with van der Waals surface area (Å²) in [5.74, 6) is 0. The number of imidazole rings is 1. The highest BCUT2D eigenvalue weighted by Crippen LogP contribution is 2.08. The van der Waals surface area contributed by atoms with E-state index in [0.29, 0.717) is 12.2 Å². The van der Waals surface area contributed by atoms with Crippen LogP contribution in [0.1, 0.15) is 5.56 Å². The van der Waals surface area contributed by atoms with Crippen LogP contribution < -0.4 is 16.9 Å². The standard InChI is InChI=1S/C15H16N4O3/c1-16-11-12(17(2)14(16)21)19(15(22)18(3)13(11)20)9-10-7-5-4-6-8-10/h4-8H,9H2,1-3H3. The number of benzene rings is 1. The monoisotopic (exact) mass is 300 g/mol. The van der Waals surface area contributed by atoms with Gasteiger partial charge in [-0.1, -0.05) is 30.3 Å². The SMILES string of the molecule is Cn1c(=O)c2c(n(C)c(=O)n2C)n(Cc2ccccc2)c1=O. The largest absolute Gasteiger partial charge is 0.332 e. The summed E-state index contributed by atoms with van der Waals surface area (Å²) in [7, 11) is 4.51. The van der Waals surface area contributed by atoms with Gasteiger partial charge in [-0.05, 0) is 5.56 Å². The summed E-state index contributed by atoms with van der Waals surface area (Å²) in [6.45, 7) is 0.293. The normalized spacial score (nSPS) is 11.2. The Hall–Kier alpha value is -2.83. The number of hydrogen-bond acceptors (Lipinski definition) is 3. The summed E-state index contributed by atoms with van der Waals surface area (Å²) in [5, 5.41) is 0. The minimum absolute atomic E-state index is 0.227. The van der Waals surface area contributed by atoms with Crippen LogP contribution in [0.4, 0.5) is 0 Å². The van der Waals surface area contributed by atoms with Gasteiger partial charge in [0.1, 0.15) is 0 Å². The van der Waals surface area contributed by atoms with Gasteiger partial charge in [-0.3, -0.25) is 23.1 Å². The Kier molecular flexibility index (Phi) is 3.13. The molecule has 0 fully saturated rings. The van der Waals surface area contributed by atoms with Crippen LogP contribution in [0.2, 0.25) is 0 Å². The summed E-state index contributed by atoms with van der Waals surface area (Å²) in [4.78, 5) is 36.9. The average molecular weight is 300 g/mol. The molecule has 2 heterocycles. The molecule has 0 N–H and O–H groups in total. The fraction of sp³-hybridized carbons (Fsp3) is 0.267. The van der Waals surface area contributed by atoms with Gasteiger partial charge < -0.3 is 0 Å². The first-order valence-electron chi connectivity index (χ1n) is 6.82. The average Bonchev–Trinajstić information content (AvgIpc) is 2.75. The molecule has 7 nitrogen and oxygen atoms in total. The van der Waals surface area contributed by atoms with Gasteiger partial charge in [0.05, 0.1) is 6.54 Å². The van der Waals surface area contributed by atoms with Crippen LogP contribution in [0.15, 0.2) is 44.7 Å². The van der Waals surface area contributed by atoms with Crippen molar-refractivity contribution in [1.82, 2.24) is 18.3 Å². The number of aromatic nitrogens is 4. The van der Waals surface area contributed by atoms with Gasteiger partial charge >= 0.3 is 11.4 Å². The van der Waals surface area contributed by atoms with Crippen molar-refractivity contribution in [2.75, 3.05) is 0 Å². The molecular formula is C15H16N4O3. The fourth-order valence-corrected chi connectivity index (χ4v) is 2.69. The van der Waals surface area contributed by atoms with Gasteiger partial charge in [0, 0.05) is 21.1 Å². The van der Waals surface area contributed by atoms with Crippen molar-refractivity contribution >= 4 is 11.2 Å². The first-order chi connectivity index (χ1) is 10.4. The van der Waals surface area contributed by atoms with Crippen LogP contribution >= 0.6 is 0 Å². The first kappa shape index (κ1) is 14.1. The number of aryl methyl sites for hydroxylation is 2. The van der Waals surface area contributed by atoms with Crippen molar-refractivity contribution in [1.29, 1.82) is 0 Å². The summed E-state index contributed by atoms with van der Waals surface area (Å²) < 4.78 is 5.10. The second-order valence-electron chi connectivity index (χ2n) is 5.29. The fourth-order valence-electron chi connectivity index (χ4n) is 2.69. The molecule has 0 aliphatic heterocycles.